The average Bonchev–Trinajstić information content (AvgIpc) is 2.79. The number of nitrogens with one attached hydrogen (secondary N) is 1. The Morgan fingerprint density at radius 1 is 1.44 bits per heavy atom. The molecule has 1 aliphatic heterocycles. The van der Waals surface area contributed by atoms with E-state index in [0.29, 0.717) is 0 Å². The first-order chi connectivity index (χ1) is 7.92. The zero-order valence-corrected chi connectivity index (χ0v) is 10.4. The zero-order chi connectivity index (χ0) is 10.8. The number of aromatic nitrogens is 1. The Bertz CT molecular complexity index is 315. The van der Waals surface area contributed by atoms with Gasteiger partial charge in [0.2, 0.25) is 0 Å². The minimum absolute atomic E-state index is 0.730. The van der Waals surface area contributed by atoms with Crippen molar-refractivity contribution in [2.75, 3.05) is 13.1 Å². The summed E-state index contributed by atoms with van der Waals surface area (Å²) in [5, 5.41) is 3.60. The van der Waals surface area contributed by atoms with Gasteiger partial charge in [-0.1, -0.05) is 0 Å². The predicted octanol–water partition coefficient (Wildman–Crippen LogP) is 1.86. The molecule has 2 fully saturated rings. The summed E-state index contributed by atoms with van der Waals surface area (Å²) in [6.45, 7) is 3.54. The zero-order valence-electron chi connectivity index (χ0n) is 9.56. The van der Waals surface area contributed by atoms with Crippen LogP contribution in [0, 0.1) is 0 Å². The molecule has 0 radical (unpaired) electrons. The van der Waals surface area contributed by atoms with Gasteiger partial charge in [0.1, 0.15) is 0 Å². The predicted molar refractivity (Wildman–Crippen MR) is 66.6 cm³/mol. The molecule has 2 heterocycles. The van der Waals surface area contributed by atoms with Crippen molar-refractivity contribution in [1.82, 2.24) is 15.2 Å². The lowest BCUT2D eigenvalue weighted by atomic mass is 10.2. The van der Waals surface area contributed by atoms with Crippen molar-refractivity contribution in [1.29, 1.82) is 0 Å². The van der Waals surface area contributed by atoms with E-state index in [1.807, 2.05) is 11.7 Å². The lowest BCUT2D eigenvalue weighted by molar-refractivity contribution is 0.233. The maximum atomic E-state index is 4.16. The second-order valence-corrected chi connectivity index (χ2v) is 5.89. The maximum absolute atomic E-state index is 4.16. The molecule has 3 rings (SSSR count). The van der Waals surface area contributed by atoms with E-state index in [4.69, 9.17) is 0 Å². The van der Waals surface area contributed by atoms with Gasteiger partial charge in [-0.05, 0) is 32.2 Å². The van der Waals surface area contributed by atoms with Gasteiger partial charge < -0.3 is 5.32 Å². The monoisotopic (exact) mass is 237 g/mol. The van der Waals surface area contributed by atoms with E-state index in [2.05, 4.69) is 15.2 Å². The Balaban J connectivity index is 1.57. The Morgan fingerprint density at radius 3 is 3.00 bits per heavy atom. The first-order valence-corrected chi connectivity index (χ1v) is 7.14. The molecule has 4 heteroatoms. The van der Waals surface area contributed by atoms with Gasteiger partial charge in [0, 0.05) is 36.2 Å². The fraction of sp³-hybridized carbons (Fsp3) is 0.750. The minimum Gasteiger partial charge on any atom is -0.313 e. The average molecular weight is 237 g/mol. The Kier molecular flexibility index (Phi) is 3.22. The van der Waals surface area contributed by atoms with E-state index in [1.54, 1.807) is 11.3 Å². The van der Waals surface area contributed by atoms with Gasteiger partial charge in [-0.15, -0.1) is 11.3 Å². The molecule has 0 aromatic carbocycles. The Labute approximate surface area is 101 Å². The summed E-state index contributed by atoms with van der Waals surface area (Å²) in [7, 11) is 0. The molecule has 1 aromatic rings. The van der Waals surface area contributed by atoms with Crippen LogP contribution < -0.4 is 5.32 Å². The van der Waals surface area contributed by atoms with Gasteiger partial charge in [0.15, 0.2) is 0 Å². The summed E-state index contributed by atoms with van der Waals surface area (Å²) in [5.41, 5.74) is 1.94. The van der Waals surface area contributed by atoms with Crippen LogP contribution in [-0.4, -0.2) is 35.1 Å². The van der Waals surface area contributed by atoms with Crippen molar-refractivity contribution < 1.29 is 0 Å². The highest BCUT2D eigenvalue weighted by Crippen LogP contribution is 2.29. The van der Waals surface area contributed by atoms with Crippen LogP contribution in [-0.2, 0) is 6.54 Å². The van der Waals surface area contributed by atoms with E-state index in [-0.39, 0.29) is 0 Å². The molecule has 1 saturated carbocycles. The molecule has 16 heavy (non-hydrogen) atoms. The second kappa shape index (κ2) is 4.82. The van der Waals surface area contributed by atoms with E-state index in [0.717, 1.165) is 18.6 Å². The lowest BCUT2D eigenvalue weighted by Crippen LogP contribution is -2.38. The first kappa shape index (κ1) is 10.7. The van der Waals surface area contributed by atoms with E-state index < -0.39 is 0 Å². The van der Waals surface area contributed by atoms with Crippen LogP contribution in [0.3, 0.4) is 0 Å². The molecule has 1 aliphatic carbocycles. The van der Waals surface area contributed by atoms with Gasteiger partial charge in [-0.3, -0.25) is 9.88 Å². The lowest BCUT2D eigenvalue weighted by Gasteiger charge is -2.24. The third-order valence-electron chi connectivity index (χ3n) is 3.52. The largest absolute Gasteiger partial charge is 0.313 e. The van der Waals surface area contributed by atoms with Crippen molar-refractivity contribution in [2.24, 2.45) is 0 Å². The van der Waals surface area contributed by atoms with Gasteiger partial charge in [0.05, 0.1) is 5.51 Å². The van der Waals surface area contributed by atoms with Crippen molar-refractivity contribution in [3.05, 3.63) is 16.6 Å². The number of thiazole rings is 1. The second-order valence-electron chi connectivity index (χ2n) is 4.92. The van der Waals surface area contributed by atoms with E-state index in [9.17, 15) is 0 Å². The Morgan fingerprint density at radius 2 is 2.38 bits per heavy atom. The van der Waals surface area contributed by atoms with Crippen LogP contribution in [0.2, 0.25) is 0 Å². The summed E-state index contributed by atoms with van der Waals surface area (Å²) in [5.74, 6) is 0. The summed E-state index contributed by atoms with van der Waals surface area (Å²) < 4.78 is 0. The standard InChI is InChI=1S/C12H19N3S/c1-2-10(14-5-1)7-15(11-3-4-11)8-12-6-13-9-16-12/h6,9-11,14H,1-5,7-8H2/t10-/m0/s1. The van der Waals surface area contributed by atoms with Crippen molar-refractivity contribution in [2.45, 2.75) is 44.3 Å². The van der Waals surface area contributed by atoms with Gasteiger partial charge in [-0.2, -0.15) is 0 Å². The number of rotatable bonds is 5. The van der Waals surface area contributed by atoms with Crippen LogP contribution in [0.1, 0.15) is 30.6 Å². The van der Waals surface area contributed by atoms with Crippen LogP contribution in [0.25, 0.3) is 0 Å². The quantitative estimate of drug-likeness (QED) is 0.847. The van der Waals surface area contributed by atoms with Crippen LogP contribution in [0.4, 0.5) is 0 Å². The molecule has 88 valence electrons. The smallest absolute Gasteiger partial charge is 0.0794 e. The summed E-state index contributed by atoms with van der Waals surface area (Å²) >= 11 is 1.78. The topological polar surface area (TPSA) is 28.2 Å². The molecule has 1 aromatic heterocycles. The molecule has 3 nitrogen and oxygen atoms in total. The molecular weight excluding hydrogens is 218 g/mol. The third-order valence-corrected chi connectivity index (χ3v) is 4.29. The SMILES string of the molecule is c1ncc(CN(C[C@@H]2CCCN2)C2CC2)s1. The van der Waals surface area contributed by atoms with Crippen LogP contribution in [0.15, 0.2) is 11.7 Å². The first-order valence-electron chi connectivity index (χ1n) is 6.26. The highest BCUT2D eigenvalue weighted by atomic mass is 32.1. The number of nitrogens with zero attached hydrogens (tertiary/aromatic N) is 2. The Hall–Kier alpha value is -0.450. The molecule has 0 bridgehead atoms. The van der Waals surface area contributed by atoms with E-state index >= 15 is 0 Å². The minimum atomic E-state index is 0.730. The normalized spacial score (nSPS) is 25.4. The molecule has 0 amide bonds. The molecule has 0 unspecified atom stereocenters. The van der Waals surface area contributed by atoms with Crippen molar-refractivity contribution >= 4 is 11.3 Å². The van der Waals surface area contributed by atoms with Crippen molar-refractivity contribution in [3.8, 4) is 0 Å². The van der Waals surface area contributed by atoms with Gasteiger partial charge >= 0.3 is 0 Å². The highest BCUT2D eigenvalue weighted by Gasteiger charge is 2.31. The molecule has 0 spiro atoms. The fourth-order valence-electron chi connectivity index (χ4n) is 2.50. The van der Waals surface area contributed by atoms with Crippen molar-refractivity contribution in [3.63, 3.8) is 0 Å². The van der Waals surface area contributed by atoms with Gasteiger partial charge in [0.25, 0.3) is 0 Å². The fourth-order valence-corrected chi connectivity index (χ4v) is 3.12. The molecular formula is C12H19N3S. The van der Waals surface area contributed by atoms with E-state index in [1.165, 1.54) is 43.6 Å². The molecule has 2 aliphatic rings. The van der Waals surface area contributed by atoms with Gasteiger partial charge in [-0.25, -0.2) is 0 Å². The van der Waals surface area contributed by atoms with Crippen LogP contribution >= 0.6 is 11.3 Å². The van der Waals surface area contributed by atoms with Crippen LogP contribution in [0.5, 0.6) is 0 Å². The summed E-state index contributed by atoms with van der Waals surface area (Å²) in [4.78, 5) is 8.22. The third kappa shape index (κ3) is 2.62. The number of hydrogen-bond donors (Lipinski definition) is 1. The maximum Gasteiger partial charge on any atom is 0.0794 e. The molecule has 1 N–H and O–H groups in total. The number of hydrogen-bond acceptors (Lipinski definition) is 4. The molecule has 1 atom stereocenters. The summed E-state index contributed by atoms with van der Waals surface area (Å²) in [6, 6.07) is 1.58. The summed E-state index contributed by atoms with van der Waals surface area (Å²) in [6.07, 6.45) is 7.51. The highest BCUT2D eigenvalue weighted by molar-refractivity contribution is 7.09. The molecule has 1 saturated heterocycles.